The Morgan fingerprint density at radius 1 is 1.07 bits per heavy atom. The van der Waals surface area contributed by atoms with E-state index in [2.05, 4.69) is 15.5 Å². The molecule has 0 spiro atoms. The molecule has 0 aromatic carbocycles. The first-order valence-corrected chi connectivity index (χ1v) is 11.5. The zero-order valence-corrected chi connectivity index (χ0v) is 17.5. The van der Waals surface area contributed by atoms with Crippen LogP contribution in [0.1, 0.15) is 88.8 Å². The largest absolute Gasteiger partial charge is 0.337 e. The lowest BCUT2D eigenvalue weighted by Crippen LogP contribution is -2.50. The van der Waals surface area contributed by atoms with Crippen LogP contribution in [0.3, 0.4) is 0 Å². The van der Waals surface area contributed by atoms with Crippen molar-refractivity contribution in [1.29, 1.82) is 0 Å². The van der Waals surface area contributed by atoms with Crippen molar-refractivity contribution in [2.75, 3.05) is 19.6 Å². The van der Waals surface area contributed by atoms with Gasteiger partial charge in [-0.3, -0.25) is 0 Å². The van der Waals surface area contributed by atoms with E-state index in [4.69, 9.17) is 0 Å². The second kappa shape index (κ2) is 8.83. The van der Waals surface area contributed by atoms with Crippen molar-refractivity contribution in [3.05, 3.63) is 12.2 Å². The van der Waals surface area contributed by atoms with Crippen molar-refractivity contribution >= 4 is 6.03 Å². The van der Waals surface area contributed by atoms with E-state index >= 15 is 0 Å². The normalized spacial score (nSPS) is 24.2. The summed E-state index contributed by atoms with van der Waals surface area (Å²) in [5.41, 5.74) is 0.366. The number of rotatable bonds is 4. The average molecular weight is 388 g/mol. The minimum Gasteiger partial charge on any atom is -0.337 e. The van der Waals surface area contributed by atoms with Crippen molar-refractivity contribution in [1.82, 2.24) is 25.0 Å². The fourth-order valence-electron chi connectivity index (χ4n) is 6.07. The molecule has 3 fully saturated rings. The number of piperidine rings is 1. The second-order valence-corrected chi connectivity index (χ2v) is 9.48. The first-order valence-electron chi connectivity index (χ1n) is 11.5. The molecule has 3 aliphatic rings. The summed E-state index contributed by atoms with van der Waals surface area (Å²) in [6, 6.07) is 0.150. The summed E-state index contributed by atoms with van der Waals surface area (Å²) in [5, 5.41) is 11.6. The molecule has 1 N–H and O–H groups in total. The van der Waals surface area contributed by atoms with E-state index in [0.29, 0.717) is 11.3 Å². The van der Waals surface area contributed by atoms with Gasteiger partial charge in [0.25, 0.3) is 0 Å². The van der Waals surface area contributed by atoms with Crippen LogP contribution in [0.2, 0.25) is 0 Å². The van der Waals surface area contributed by atoms with Gasteiger partial charge in [0.2, 0.25) is 0 Å². The molecular formula is C22H37N5O. The van der Waals surface area contributed by atoms with Crippen LogP contribution in [0.5, 0.6) is 0 Å². The van der Waals surface area contributed by atoms with E-state index in [0.717, 1.165) is 44.2 Å². The van der Waals surface area contributed by atoms with E-state index in [1.807, 2.05) is 16.5 Å². The highest BCUT2D eigenvalue weighted by molar-refractivity contribution is 5.74. The minimum atomic E-state index is 0.150. The molecule has 6 nitrogen and oxygen atoms in total. The maximum absolute atomic E-state index is 12.9. The number of carbonyl (C=O) groups is 1. The first kappa shape index (κ1) is 19.7. The van der Waals surface area contributed by atoms with Crippen LogP contribution in [0.4, 0.5) is 4.79 Å². The molecule has 0 atom stereocenters. The second-order valence-electron chi connectivity index (χ2n) is 9.48. The third-order valence-corrected chi connectivity index (χ3v) is 7.81. The molecular weight excluding hydrogens is 350 g/mol. The topological polar surface area (TPSA) is 63.1 Å². The Hall–Kier alpha value is -1.59. The maximum Gasteiger partial charge on any atom is 0.317 e. The Labute approximate surface area is 169 Å². The Kier molecular flexibility index (Phi) is 6.22. The number of hydrogen-bond acceptors (Lipinski definition) is 3. The van der Waals surface area contributed by atoms with Gasteiger partial charge < -0.3 is 14.8 Å². The predicted octanol–water partition coefficient (Wildman–Crippen LogP) is 4.23. The highest BCUT2D eigenvalue weighted by Gasteiger charge is 2.40. The molecule has 1 aromatic heterocycles. The summed E-state index contributed by atoms with van der Waals surface area (Å²) < 4.78 is 2.01. The third-order valence-electron chi connectivity index (χ3n) is 7.81. The van der Waals surface area contributed by atoms with E-state index in [9.17, 15) is 4.79 Å². The summed E-state index contributed by atoms with van der Waals surface area (Å²) in [5.74, 6) is 2.30. The smallest absolute Gasteiger partial charge is 0.317 e. The number of nitrogens with zero attached hydrogens (tertiary/aromatic N) is 4. The summed E-state index contributed by atoms with van der Waals surface area (Å²) >= 11 is 0. The van der Waals surface area contributed by atoms with Gasteiger partial charge in [-0.2, -0.15) is 0 Å². The lowest BCUT2D eigenvalue weighted by molar-refractivity contribution is 0.0663. The first-order chi connectivity index (χ1) is 13.7. The van der Waals surface area contributed by atoms with Gasteiger partial charge in [0.15, 0.2) is 0 Å². The molecule has 2 saturated carbocycles. The Bertz CT molecular complexity index is 637. The Balaban J connectivity index is 1.31. The van der Waals surface area contributed by atoms with E-state index in [-0.39, 0.29) is 6.03 Å². The van der Waals surface area contributed by atoms with Crippen molar-refractivity contribution in [2.45, 2.75) is 83.0 Å². The standard InChI is InChI=1S/C22H37N5O/c1-26-17-24-25-20(26)18-10-14-27(15-11-18)21(28)23-16-22(12-6-3-7-13-22)19-8-4-2-5-9-19/h17-19H,2-16H2,1H3,(H,23,28). The number of amides is 2. The van der Waals surface area contributed by atoms with E-state index in [1.165, 1.54) is 64.2 Å². The molecule has 2 aliphatic carbocycles. The number of carbonyl (C=O) groups excluding carboxylic acids is 1. The van der Waals surface area contributed by atoms with Crippen LogP contribution < -0.4 is 5.32 Å². The van der Waals surface area contributed by atoms with Crippen LogP contribution in [0, 0.1) is 11.3 Å². The molecule has 0 radical (unpaired) electrons. The monoisotopic (exact) mass is 387 g/mol. The quantitative estimate of drug-likeness (QED) is 0.841. The number of nitrogens with one attached hydrogen (secondary N) is 1. The summed E-state index contributed by atoms with van der Waals surface area (Å²) in [7, 11) is 2.00. The highest BCUT2D eigenvalue weighted by Crippen LogP contribution is 2.47. The minimum absolute atomic E-state index is 0.150. The summed E-state index contributed by atoms with van der Waals surface area (Å²) in [6.45, 7) is 2.53. The predicted molar refractivity (Wildman–Crippen MR) is 110 cm³/mol. The van der Waals surface area contributed by atoms with E-state index < -0.39 is 0 Å². The molecule has 28 heavy (non-hydrogen) atoms. The van der Waals surface area contributed by atoms with Crippen LogP contribution in [0.25, 0.3) is 0 Å². The van der Waals surface area contributed by atoms with Crippen LogP contribution in [-0.2, 0) is 7.05 Å². The molecule has 0 bridgehead atoms. The van der Waals surface area contributed by atoms with Gasteiger partial charge in [-0.25, -0.2) is 4.79 Å². The Morgan fingerprint density at radius 3 is 2.39 bits per heavy atom. The molecule has 1 saturated heterocycles. The lowest BCUT2D eigenvalue weighted by Gasteiger charge is -2.46. The van der Waals surface area contributed by atoms with Crippen LogP contribution in [-0.4, -0.2) is 45.3 Å². The third kappa shape index (κ3) is 4.20. The number of likely N-dealkylation sites (tertiary alicyclic amines) is 1. The number of aromatic nitrogens is 3. The highest BCUT2D eigenvalue weighted by atomic mass is 16.2. The van der Waals surface area contributed by atoms with Crippen molar-refractivity contribution in [3.8, 4) is 0 Å². The van der Waals surface area contributed by atoms with E-state index in [1.54, 1.807) is 6.33 Å². The molecule has 1 aromatic rings. The molecule has 2 amide bonds. The zero-order chi connectivity index (χ0) is 19.4. The van der Waals surface area contributed by atoms with Gasteiger partial charge >= 0.3 is 6.03 Å². The molecule has 1 aliphatic heterocycles. The fourth-order valence-corrected chi connectivity index (χ4v) is 6.07. The van der Waals surface area contributed by atoms with Gasteiger partial charge in [-0.1, -0.05) is 38.5 Å². The SMILES string of the molecule is Cn1cnnc1C1CCN(C(=O)NCC2(C3CCCCC3)CCCCC2)CC1. The van der Waals surface area contributed by atoms with Crippen LogP contribution in [0.15, 0.2) is 6.33 Å². The number of hydrogen-bond donors (Lipinski definition) is 1. The number of aryl methyl sites for hydroxylation is 1. The van der Waals surface area contributed by atoms with Crippen LogP contribution >= 0.6 is 0 Å². The number of urea groups is 1. The van der Waals surface area contributed by atoms with Crippen molar-refractivity contribution in [3.63, 3.8) is 0 Å². The Morgan fingerprint density at radius 2 is 1.75 bits per heavy atom. The zero-order valence-electron chi connectivity index (χ0n) is 17.5. The fraction of sp³-hybridized carbons (Fsp3) is 0.864. The van der Waals surface area contributed by atoms with Gasteiger partial charge in [0.1, 0.15) is 12.2 Å². The van der Waals surface area contributed by atoms with Crippen molar-refractivity contribution < 1.29 is 4.79 Å². The lowest BCUT2D eigenvalue weighted by atomic mass is 9.61. The maximum atomic E-state index is 12.9. The molecule has 156 valence electrons. The molecule has 2 heterocycles. The molecule has 6 heteroatoms. The average Bonchev–Trinajstić information content (AvgIpc) is 3.19. The van der Waals surface area contributed by atoms with Gasteiger partial charge in [0, 0.05) is 32.6 Å². The summed E-state index contributed by atoms with van der Waals surface area (Å²) in [6.07, 6.45) is 17.3. The summed E-state index contributed by atoms with van der Waals surface area (Å²) in [4.78, 5) is 14.9. The van der Waals surface area contributed by atoms with Gasteiger partial charge in [-0.05, 0) is 49.9 Å². The molecule has 4 rings (SSSR count). The molecule has 0 unspecified atom stereocenters. The van der Waals surface area contributed by atoms with Gasteiger partial charge in [0.05, 0.1) is 0 Å². The van der Waals surface area contributed by atoms with Crippen molar-refractivity contribution in [2.24, 2.45) is 18.4 Å². The van der Waals surface area contributed by atoms with Gasteiger partial charge in [-0.15, -0.1) is 10.2 Å².